The maximum absolute atomic E-state index is 4.20. The first-order valence-corrected chi connectivity index (χ1v) is 6.17. The fourth-order valence-corrected chi connectivity index (χ4v) is 2.49. The Bertz CT molecular complexity index is 203. The Labute approximate surface area is 93.1 Å². The number of hydrogen-bond acceptors (Lipinski definition) is 3. The van der Waals surface area contributed by atoms with Gasteiger partial charge in [-0.1, -0.05) is 13.0 Å². The summed E-state index contributed by atoms with van der Waals surface area (Å²) in [5.41, 5.74) is 1.38. The summed E-state index contributed by atoms with van der Waals surface area (Å²) in [5.74, 6) is 0. The SMILES string of the molecule is C=C(CN1CCCCC1)CN1CCNC1. The number of likely N-dealkylation sites (tertiary alicyclic amines) is 1. The Morgan fingerprint density at radius 2 is 1.73 bits per heavy atom. The fraction of sp³-hybridized carbons (Fsp3) is 0.833. The predicted molar refractivity (Wildman–Crippen MR) is 63.9 cm³/mol. The van der Waals surface area contributed by atoms with Crippen molar-refractivity contribution in [3.8, 4) is 0 Å². The van der Waals surface area contributed by atoms with Gasteiger partial charge in [-0.05, 0) is 31.5 Å². The van der Waals surface area contributed by atoms with Crippen molar-refractivity contribution < 1.29 is 0 Å². The maximum atomic E-state index is 4.20. The molecule has 0 aromatic rings. The van der Waals surface area contributed by atoms with Gasteiger partial charge in [0.05, 0.1) is 0 Å². The molecule has 0 saturated carbocycles. The molecule has 2 aliphatic heterocycles. The molecule has 0 bridgehead atoms. The van der Waals surface area contributed by atoms with Crippen molar-refractivity contribution in [2.24, 2.45) is 0 Å². The summed E-state index contributed by atoms with van der Waals surface area (Å²) in [6, 6.07) is 0. The van der Waals surface area contributed by atoms with E-state index in [-0.39, 0.29) is 0 Å². The molecule has 2 saturated heterocycles. The van der Waals surface area contributed by atoms with Gasteiger partial charge in [0.1, 0.15) is 0 Å². The van der Waals surface area contributed by atoms with E-state index in [1.807, 2.05) is 0 Å². The Morgan fingerprint density at radius 1 is 1.00 bits per heavy atom. The largest absolute Gasteiger partial charge is 0.303 e. The zero-order chi connectivity index (χ0) is 10.5. The highest BCUT2D eigenvalue weighted by Gasteiger charge is 2.14. The fourth-order valence-electron chi connectivity index (χ4n) is 2.49. The minimum atomic E-state index is 1.04. The first-order chi connectivity index (χ1) is 7.34. The summed E-state index contributed by atoms with van der Waals surface area (Å²) < 4.78 is 0. The van der Waals surface area contributed by atoms with E-state index < -0.39 is 0 Å². The van der Waals surface area contributed by atoms with Gasteiger partial charge >= 0.3 is 0 Å². The Balaban J connectivity index is 1.66. The summed E-state index contributed by atoms with van der Waals surface area (Å²) in [6.07, 6.45) is 4.16. The minimum Gasteiger partial charge on any atom is -0.303 e. The van der Waals surface area contributed by atoms with Gasteiger partial charge in [-0.25, -0.2) is 0 Å². The van der Waals surface area contributed by atoms with Crippen molar-refractivity contribution in [2.45, 2.75) is 19.3 Å². The molecule has 2 rings (SSSR count). The average Bonchev–Trinajstić information content (AvgIpc) is 2.71. The van der Waals surface area contributed by atoms with Crippen LogP contribution in [-0.4, -0.2) is 55.7 Å². The number of piperidine rings is 1. The molecule has 0 unspecified atom stereocenters. The lowest BCUT2D eigenvalue weighted by molar-refractivity contribution is 0.238. The zero-order valence-electron chi connectivity index (χ0n) is 9.67. The second-order valence-corrected chi connectivity index (χ2v) is 4.80. The lowest BCUT2D eigenvalue weighted by atomic mass is 10.1. The molecule has 3 nitrogen and oxygen atoms in total. The molecular weight excluding hydrogens is 186 g/mol. The van der Waals surface area contributed by atoms with Gasteiger partial charge in [0.2, 0.25) is 0 Å². The molecule has 0 aromatic heterocycles. The Kier molecular flexibility index (Phi) is 4.18. The van der Waals surface area contributed by atoms with Crippen LogP contribution in [0.15, 0.2) is 12.2 Å². The topological polar surface area (TPSA) is 18.5 Å². The summed E-state index contributed by atoms with van der Waals surface area (Å²) in [5, 5.41) is 3.35. The van der Waals surface area contributed by atoms with E-state index in [0.29, 0.717) is 0 Å². The number of nitrogens with zero attached hydrogens (tertiary/aromatic N) is 2. The highest BCUT2D eigenvalue weighted by Crippen LogP contribution is 2.10. The lowest BCUT2D eigenvalue weighted by Gasteiger charge is -2.28. The molecular formula is C12H23N3. The summed E-state index contributed by atoms with van der Waals surface area (Å²) >= 11 is 0. The molecule has 1 N–H and O–H groups in total. The third-order valence-corrected chi connectivity index (χ3v) is 3.28. The van der Waals surface area contributed by atoms with Crippen LogP contribution in [0.25, 0.3) is 0 Å². The highest BCUT2D eigenvalue weighted by molar-refractivity contribution is 5.01. The second-order valence-electron chi connectivity index (χ2n) is 4.80. The van der Waals surface area contributed by atoms with E-state index in [2.05, 4.69) is 21.7 Å². The van der Waals surface area contributed by atoms with Gasteiger partial charge in [-0.15, -0.1) is 0 Å². The van der Waals surface area contributed by atoms with Crippen LogP contribution in [0.4, 0.5) is 0 Å². The molecule has 0 spiro atoms. The van der Waals surface area contributed by atoms with Crippen molar-refractivity contribution >= 4 is 0 Å². The van der Waals surface area contributed by atoms with Crippen LogP contribution in [0.1, 0.15) is 19.3 Å². The van der Waals surface area contributed by atoms with Gasteiger partial charge < -0.3 is 5.32 Å². The van der Waals surface area contributed by atoms with E-state index in [9.17, 15) is 0 Å². The molecule has 0 radical (unpaired) electrons. The number of nitrogens with one attached hydrogen (secondary N) is 1. The van der Waals surface area contributed by atoms with E-state index in [1.54, 1.807) is 0 Å². The average molecular weight is 209 g/mol. The molecule has 0 atom stereocenters. The van der Waals surface area contributed by atoms with Crippen LogP contribution < -0.4 is 5.32 Å². The second kappa shape index (κ2) is 5.64. The van der Waals surface area contributed by atoms with Gasteiger partial charge in [-0.2, -0.15) is 0 Å². The summed E-state index contributed by atoms with van der Waals surface area (Å²) in [4.78, 5) is 4.99. The van der Waals surface area contributed by atoms with Gasteiger partial charge in [0.15, 0.2) is 0 Å². The van der Waals surface area contributed by atoms with Crippen molar-refractivity contribution in [1.82, 2.24) is 15.1 Å². The van der Waals surface area contributed by atoms with E-state index >= 15 is 0 Å². The molecule has 2 heterocycles. The predicted octanol–water partition coefficient (Wildman–Crippen LogP) is 0.891. The van der Waals surface area contributed by atoms with Crippen LogP contribution in [0.3, 0.4) is 0 Å². The monoisotopic (exact) mass is 209 g/mol. The first kappa shape index (κ1) is 11.1. The molecule has 3 heteroatoms. The molecule has 0 aromatic carbocycles. The van der Waals surface area contributed by atoms with Crippen molar-refractivity contribution in [1.29, 1.82) is 0 Å². The third kappa shape index (κ3) is 3.59. The standard InChI is InChI=1S/C12H23N3/c1-12(10-15-8-5-13-11-15)9-14-6-3-2-4-7-14/h13H,1-11H2. The van der Waals surface area contributed by atoms with Gasteiger partial charge in [0.25, 0.3) is 0 Å². The number of rotatable bonds is 4. The highest BCUT2D eigenvalue weighted by atomic mass is 15.3. The van der Waals surface area contributed by atoms with Crippen molar-refractivity contribution in [3.63, 3.8) is 0 Å². The van der Waals surface area contributed by atoms with E-state index in [0.717, 1.165) is 26.3 Å². The number of hydrogen-bond donors (Lipinski definition) is 1. The van der Waals surface area contributed by atoms with Crippen LogP contribution >= 0.6 is 0 Å². The Morgan fingerprint density at radius 3 is 2.40 bits per heavy atom. The van der Waals surface area contributed by atoms with Crippen LogP contribution in [0.5, 0.6) is 0 Å². The summed E-state index contributed by atoms with van der Waals surface area (Å²) in [7, 11) is 0. The smallest absolute Gasteiger partial charge is 0.0484 e. The first-order valence-electron chi connectivity index (χ1n) is 6.17. The van der Waals surface area contributed by atoms with E-state index in [1.165, 1.54) is 44.5 Å². The quantitative estimate of drug-likeness (QED) is 0.694. The lowest BCUT2D eigenvalue weighted by Crippen LogP contribution is -2.34. The zero-order valence-corrected chi connectivity index (χ0v) is 9.67. The van der Waals surface area contributed by atoms with Crippen LogP contribution in [0.2, 0.25) is 0 Å². The summed E-state index contributed by atoms with van der Waals surface area (Å²) in [6.45, 7) is 12.3. The van der Waals surface area contributed by atoms with Crippen LogP contribution in [-0.2, 0) is 0 Å². The van der Waals surface area contributed by atoms with Gasteiger partial charge in [-0.3, -0.25) is 9.80 Å². The Hall–Kier alpha value is -0.380. The normalized spacial score (nSPS) is 24.5. The molecule has 2 aliphatic rings. The van der Waals surface area contributed by atoms with Crippen LogP contribution in [0, 0.1) is 0 Å². The molecule has 0 aliphatic carbocycles. The minimum absolute atomic E-state index is 1.04. The molecule has 2 fully saturated rings. The van der Waals surface area contributed by atoms with Gasteiger partial charge in [0, 0.05) is 32.8 Å². The molecule has 86 valence electrons. The third-order valence-electron chi connectivity index (χ3n) is 3.28. The molecule has 15 heavy (non-hydrogen) atoms. The van der Waals surface area contributed by atoms with Crippen molar-refractivity contribution in [3.05, 3.63) is 12.2 Å². The van der Waals surface area contributed by atoms with Crippen molar-refractivity contribution in [2.75, 3.05) is 45.9 Å². The maximum Gasteiger partial charge on any atom is 0.0484 e. The van der Waals surface area contributed by atoms with E-state index in [4.69, 9.17) is 0 Å². The molecule has 0 amide bonds.